The van der Waals surface area contributed by atoms with E-state index in [1.807, 2.05) is 0 Å². The fourth-order valence-corrected chi connectivity index (χ4v) is 3.12. The van der Waals surface area contributed by atoms with Crippen molar-refractivity contribution in [1.82, 2.24) is 5.32 Å². The number of halogens is 1. The van der Waals surface area contributed by atoms with Crippen LogP contribution in [0.4, 0.5) is 4.39 Å². The van der Waals surface area contributed by atoms with Crippen LogP contribution in [-0.2, 0) is 11.4 Å². The number of ether oxygens (including phenoxy) is 1. The Hall–Kier alpha value is -2.89. The van der Waals surface area contributed by atoms with E-state index < -0.39 is 11.9 Å². The zero-order chi connectivity index (χ0) is 18.5. The van der Waals surface area contributed by atoms with Gasteiger partial charge in [0.2, 0.25) is 0 Å². The molecule has 1 saturated carbocycles. The summed E-state index contributed by atoms with van der Waals surface area (Å²) < 4.78 is 18.7. The van der Waals surface area contributed by atoms with Gasteiger partial charge in [-0.15, -0.1) is 0 Å². The first-order valence-corrected chi connectivity index (χ1v) is 8.53. The highest BCUT2D eigenvalue weighted by atomic mass is 19.1. The Kier molecular flexibility index (Phi) is 5.51. The fraction of sp³-hybridized carbons (Fsp3) is 0.300. The molecule has 0 unspecified atom stereocenters. The van der Waals surface area contributed by atoms with Gasteiger partial charge in [0.05, 0.1) is 11.5 Å². The number of hydrogen-bond donors (Lipinski definition) is 2. The predicted octanol–water partition coefficient (Wildman–Crippen LogP) is 3.39. The van der Waals surface area contributed by atoms with E-state index in [1.54, 1.807) is 36.4 Å². The summed E-state index contributed by atoms with van der Waals surface area (Å²) in [4.78, 5) is 23.6. The van der Waals surface area contributed by atoms with Crippen LogP contribution in [0.2, 0.25) is 0 Å². The minimum absolute atomic E-state index is 0.145. The Morgan fingerprint density at radius 2 is 1.85 bits per heavy atom. The third-order valence-corrected chi connectivity index (χ3v) is 4.56. The smallest absolute Gasteiger partial charge is 0.306 e. The number of benzene rings is 2. The molecule has 0 saturated heterocycles. The van der Waals surface area contributed by atoms with Gasteiger partial charge in [-0.3, -0.25) is 9.59 Å². The monoisotopic (exact) mass is 357 g/mol. The zero-order valence-electron chi connectivity index (χ0n) is 14.2. The number of aliphatic carboxylic acids is 1. The SMILES string of the molecule is O=C(N[C@H]1CC[C@@H](C(=O)O)C1)c1ccccc1OCc1ccc(F)cc1. The molecule has 2 N–H and O–H groups in total. The van der Waals surface area contributed by atoms with Crippen molar-refractivity contribution in [3.63, 3.8) is 0 Å². The highest BCUT2D eigenvalue weighted by molar-refractivity contribution is 5.97. The quantitative estimate of drug-likeness (QED) is 0.831. The van der Waals surface area contributed by atoms with E-state index in [9.17, 15) is 14.0 Å². The van der Waals surface area contributed by atoms with Crippen molar-refractivity contribution < 1.29 is 23.8 Å². The molecule has 0 heterocycles. The van der Waals surface area contributed by atoms with Gasteiger partial charge in [0.15, 0.2) is 0 Å². The van der Waals surface area contributed by atoms with Crippen molar-refractivity contribution in [3.05, 3.63) is 65.5 Å². The van der Waals surface area contributed by atoms with Crippen LogP contribution in [0.5, 0.6) is 5.75 Å². The highest BCUT2D eigenvalue weighted by Gasteiger charge is 2.31. The summed E-state index contributed by atoms with van der Waals surface area (Å²) >= 11 is 0. The number of para-hydroxylation sites is 1. The second-order valence-corrected chi connectivity index (χ2v) is 6.43. The first-order chi connectivity index (χ1) is 12.5. The standard InChI is InChI=1S/C20H20FNO4/c21-15-8-5-13(6-9-15)12-26-18-4-2-1-3-17(18)19(23)22-16-10-7-14(11-16)20(24)25/h1-6,8-9,14,16H,7,10-12H2,(H,22,23)(H,24,25)/t14-,16+/m1/s1. The molecule has 2 aromatic carbocycles. The Balaban J connectivity index is 1.63. The summed E-state index contributed by atoms with van der Waals surface area (Å²) in [6, 6.07) is 12.7. The normalized spacial score (nSPS) is 19.1. The van der Waals surface area contributed by atoms with Gasteiger partial charge < -0.3 is 15.2 Å². The molecule has 3 rings (SSSR count). The number of rotatable bonds is 6. The van der Waals surface area contributed by atoms with Gasteiger partial charge in [0.25, 0.3) is 5.91 Å². The predicted molar refractivity (Wildman–Crippen MR) is 93.4 cm³/mol. The third-order valence-electron chi connectivity index (χ3n) is 4.56. The molecule has 1 fully saturated rings. The molecule has 2 aromatic rings. The molecule has 0 bridgehead atoms. The number of carboxylic acids is 1. The second-order valence-electron chi connectivity index (χ2n) is 6.43. The summed E-state index contributed by atoms with van der Waals surface area (Å²) in [6.45, 7) is 0.217. The Morgan fingerprint density at radius 1 is 1.12 bits per heavy atom. The van der Waals surface area contributed by atoms with Crippen LogP contribution in [0, 0.1) is 11.7 Å². The molecule has 136 valence electrons. The van der Waals surface area contributed by atoms with Gasteiger partial charge in [-0.05, 0) is 49.1 Å². The highest BCUT2D eigenvalue weighted by Crippen LogP contribution is 2.27. The minimum atomic E-state index is -0.815. The molecule has 1 aliphatic rings. The molecule has 1 aliphatic carbocycles. The summed E-state index contributed by atoms with van der Waals surface area (Å²) in [5.41, 5.74) is 1.19. The average Bonchev–Trinajstić information content (AvgIpc) is 3.10. The zero-order valence-corrected chi connectivity index (χ0v) is 14.2. The van der Waals surface area contributed by atoms with E-state index in [0.717, 1.165) is 5.56 Å². The molecule has 6 heteroatoms. The summed E-state index contributed by atoms with van der Waals surface area (Å²) in [6.07, 6.45) is 1.67. The molecule has 0 spiro atoms. The van der Waals surface area contributed by atoms with Crippen molar-refractivity contribution >= 4 is 11.9 Å². The van der Waals surface area contributed by atoms with Gasteiger partial charge in [-0.25, -0.2) is 4.39 Å². The number of amides is 1. The van der Waals surface area contributed by atoms with E-state index >= 15 is 0 Å². The van der Waals surface area contributed by atoms with Gasteiger partial charge in [0, 0.05) is 6.04 Å². The van der Waals surface area contributed by atoms with E-state index in [2.05, 4.69) is 5.32 Å². The van der Waals surface area contributed by atoms with Crippen molar-refractivity contribution in [2.75, 3.05) is 0 Å². The summed E-state index contributed by atoms with van der Waals surface area (Å²) in [5, 5.41) is 12.0. The van der Waals surface area contributed by atoms with Crippen LogP contribution in [-0.4, -0.2) is 23.0 Å². The van der Waals surface area contributed by atoms with Crippen LogP contribution in [0.1, 0.15) is 35.2 Å². The number of nitrogens with one attached hydrogen (secondary N) is 1. The molecule has 0 radical (unpaired) electrons. The lowest BCUT2D eigenvalue weighted by molar-refractivity contribution is -0.141. The van der Waals surface area contributed by atoms with Crippen molar-refractivity contribution in [2.24, 2.45) is 5.92 Å². The lowest BCUT2D eigenvalue weighted by Gasteiger charge is -2.15. The lowest BCUT2D eigenvalue weighted by atomic mass is 10.1. The number of carbonyl (C=O) groups is 2. The van der Waals surface area contributed by atoms with E-state index in [1.165, 1.54) is 12.1 Å². The molecule has 26 heavy (non-hydrogen) atoms. The summed E-state index contributed by atoms with van der Waals surface area (Å²) in [5.74, 6) is -1.38. The Morgan fingerprint density at radius 3 is 2.54 bits per heavy atom. The van der Waals surface area contributed by atoms with Crippen LogP contribution in [0.15, 0.2) is 48.5 Å². The second kappa shape index (κ2) is 7.99. The van der Waals surface area contributed by atoms with Gasteiger partial charge in [0.1, 0.15) is 18.2 Å². The topological polar surface area (TPSA) is 75.6 Å². The molecule has 0 aliphatic heterocycles. The third kappa shape index (κ3) is 4.39. The number of hydrogen-bond acceptors (Lipinski definition) is 3. The van der Waals surface area contributed by atoms with Crippen LogP contribution < -0.4 is 10.1 Å². The van der Waals surface area contributed by atoms with Gasteiger partial charge in [-0.1, -0.05) is 24.3 Å². The van der Waals surface area contributed by atoms with E-state index in [0.29, 0.717) is 30.6 Å². The Bertz CT molecular complexity index is 791. The van der Waals surface area contributed by atoms with Crippen LogP contribution >= 0.6 is 0 Å². The first kappa shape index (κ1) is 17.9. The van der Waals surface area contributed by atoms with Crippen molar-refractivity contribution in [1.29, 1.82) is 0 Å². The largest absolute Gasteiger partial charge is 0.488 e. The lowest BCUT2D eigenvalue weighted by Crippen LogP contribution is -2.33. The van der Waals surface area contributed by atoms with Crippen molar-refractivity contribution in [2.45, 2.75) is 31.9 Å². The van der Waals surface area contributed by atoms with E-state index in [4.69, 9.17) is 9.84 Å². The molecule has 1 amide bonds. The first-order valence-electron chi connectivity index (χ1n) is 8.53. The number of carbonyl (C=O) groups excluding carboxylic acids is 1. The summed E-state index contributed by atoms with van der Waals surface area (Å²) in [7, 11) is 0. The molecule has 2 atom stereocenters. The minimum Gasteiger partial charge on any atom is -0.488 e. The Labute approximate surface area is 150 Å². The molecular weight excluding hydrogens is 337 g/mol. The van der Waals surface area contributed by atoms with Gasteiger partial charge >= 0.3 is 5.97 Å². The molecule has 0 aromatic heterocycles. The van der Waals surface area contributed by atoms with Crippen LogP contribution in [0.25, 0.3) is 0 Å². The maximum atomic E-state index is 13.0. The van der Waals surface area contributed by atoms with Gasteiger partial charge in [-0.2, -0.15) is 0 Å². The maximum absolute atomic E-state index is 13.0. The fourth-order valence-electron chi connectivity index (χ4n) is 3.12. The van der Waals surface area contributed by atoms with E-state index in [-0.39, 0.29) is 24.4 Å². The molecular formula is C20H20FNO4. The maximum Gasteiger partial charge on any atom is 0.306 e. The van der Waals surface area contributed by atoms with Crippen molar-refractivity contribution in [3.8, 4) is 5.75 Å². The van der Waals surface area contributed by atoms with Crippen LogP contribution in [0.3, 0.4) is 0 Å². The molecule has 5 nitrogen and oxygen atoms in total. The number of carboxylic acid groups (broad SMARTS) is 1. The average molecular weight is 357 g/mol.